The molecule has 6 aliphatic rings. The Morgan fingerprint density at radius 3 is 2.45 bits per heavy atom. The van der Waals surface area contributed by atoms with Crippen LogP contribution in [-0.2, 0) is 9.53 Å². The molecule has 1 aliphatic heterocycles. The molecule has 7 rings (SSSR count). The molecule has 1 saturated heterocycles. The van der Waals surface area contributed by atoms with Crippen molar-refractivity contribution in [3.63, 3.8) is 0 Å². The van der Waals surface area contributed by atoms with Crippen molar-refractivity contribution < 1.29 is 19.0 Å². The molecule has 1 aromatic rings. The molecule has 0 radical (unpaired) electrons. The minimum atomic E-state index is -0.250. The molecule has 0 bridgehead atoms. The Morgan fingerprint density at radius 2 is 1.73 bits per heavy atom. The number of ether oxygens (including phenoxy) is 1. The van der Waals surface area contributed by atoms with Gasteiger partial charge in [0.25, 0.3) is 0 Å². The molecule has 1 heterocycles. The van der Waals surface area contributed by atoms with Gasteiger partial charge in [-0.25, -0.2) is 4.39 Å². The molecule has 11 atom stereocenters. The van der Waals surface area contributed by atoms with E-state index in [1.54, 1.807) is 19.1 Å². The number of rotatable bonds is 4. The van der Waals surface area contributed by atoms with Crippen LogP contribution in [0.5, 0.6) is 0 Å². The zero-order valence-electron chi connectivity index (χ0n) is 25.3. The molecule has 40 heavy (non-hydrogen) atoms. The quantitative estimate of drug-likeness (QED) is 0.427. The summed E-state index contributed by atoms with van der Waals surface area (Å²) in [6, 6.07) is 6.43. The molecule has 220 valence electrons. The number of halogens is 1. The van der Waals surface area contributed by atoms with Crippen LogP contribution in [0.25, 0.3) is 0 Å². The summed E-state index contributed by atoms with van der Waals surface area (Å²) in [6.07, 6.45) is 12.6. The maximum atomic E-state index is 13.5. The van der Waals surface area contributed by atoms with Crippen molar-refractivity contribution in [2.75, 3.05) is 6.54 Å². The summed E-state index contributed by atoms with van der Waals surface area (Å²) in [5.74, 6) is 2.66. The van der Waals surface area contributed by atoms with E-state index in [4.69, 9.17) is 4.74 Å². The van der Waals surface area contributed by atoms with Gasteiger partial charge in [0.1, 0.15) is 5.82 Å². The van der Waals surface area contributed by atoms with E-state index in [1.807, 2.05) is 11.8 Å². The molecule has 1 amide bonds. The van der Waals surface area contributed by atoms with Crippen LogP contribution in [0, 0.1) is 51.1 Å². The number of hydrogen-bond acceptors (Lipinski definition) is 3. The number of hydrogen-bond donors (Lipinski definition) is 1. The monoisotopic (exact) mass is 551 g/mol. The van der Waals surface area contributed by atoms with E-state index in [2.05, 4.69) is 20.8 Å². The lowest BCUT2D eigenvalue weighted by atomic mass is 9.46. The van der Waals surface area contributed by atoms with Crippen LogP contribution < -0.4 is 0 Å². The lowest BCUT2D eigenvalue weighted by Gasteiger charge is -2.59. The zero-order valence-corrected chi connectivity index (χ0v) is 25.3. The smallest absolute Gasteiger partial charge is 0.220 e. The van der Waals surface area contributed by atoms with E-state index in [0.717, 1.165) is 30.2 Å². The first-order chi connectivity index (χ1) is 18.9. The highest BCUT2D eigenvalue weighted by atomic mass is 19.1. The van der Waals surface area contributed by atoms with Gasteiger partial charge in [0, 0.05) is 13.5 Å². The molecule has 5 heteroatoms. The maximum Gasteiger partial charge on any atom is 0.220 e. The molecule has 0 aromatic heterocycles. The van der Waals surface area contributed by atoms with Crippen molar-refractivity contribution in [3.05, 3.63) is 35.6 Å². The number of amides is 1. The summed E-state index contributed by atoms with van der Waals surface area (Å²) in [5.41, 5.74) is 2.37. The van der Waals surface area contributed by atoms with Gasteiger partial charge < -0.3 is 14.7 Å². The SMILES string of the molecule is CC(=O)N(CC1CCC2C(CC3C4CCC5C(C)(C)[C@@H](O)CCC56C[C@@]46CCC23C)O1)C(C)c1ccc(F)cc1. The van der Waals surface area contributed by atoms with Crippen LogP contribution in [0.1, 0.15) is 110 Å². The third-order valence-corrected chi connectivity index (χ3v) is 14.3. The van der Waals surface area contributed by atoms with E-state index >= 15 is 0 Å². The van der Waals surface area contributed by atoms with Crippen LogP contribution in [0.15, 0.2) is 24.3 Å². The summed E-state index contributed by atoms with van der Waals surface area (Å²) in [6.45, 7) is 11.6. The molecule has 5 aliphatic carbocycles. The summed E-state index contributed by atoms with van der Waals surface area (Å²) < 4.78 is 20.5. The molecule has 6 fully saturated rings. The van der Waals surface area contributed by atoms with Crippen LogP contribution in [-0.4, -0.2) is 40.8 Å². The van der Waals surface area contributed by atoms with Gasteiger partial charge in [-0.3, -0.25) is 4.79 Å². The molecule has 9 unspecified atom stereocenters. The lowest BCUT2D eigenvalue weighted by Crippen LogP contribution is -2.54. The zero-order chi connectivity index (χ0) is 28.2. The largest absolute Gasteiger partial charge is 0.393 e. The number of fused-ring (bicyclic) bond motifs is 4. The standard InChI is InChI=1S/C35H50FNO3/c1-21(23-6-8-24(36)9-7-23)37(22(2)38)19-25-10-11-27-29(40-25)18-28-26-12-13-30-32(3,4)31(39)14-15-35(30)20-34(26,35)17-16-33(27,28)5/h6-9,21,25-31,39H,10-20H2,1-5H3/t21?,25?,26?,27?,28?,29?,30?,31-,33?,34-,35?/m0/s1. The Balaban J connectivity index is 1.07. The van der Waals surface area contributed by atoms with Crippen molar-refractivity contribution in [2.45, 2.75) is 123 Å². The Morgan fingerprint density at radius 1 is 1.00 bits per heavy atom. The van der Waals surface area contributed by atoms with Crippen molar-refractivity contribution in [2.24, 2.45) is 45.3 Å². The molecule has 1 N–H and O–H groups in total. The highest BCUT2D eigenvalue weighted by molar-refractivity contribution is 5.73. The number of aliphatic hydroxyl groups is 1. The Kier molecular flexibility index (Phi) is 6.17. The van der Waals surface area contributed by atoms with E-state index in [1.165, 1.54) is 63.5 Å². The van der Waals surface area contributed by atoms with Crippen LogP contribution in [0.4, 0.5) is 4.39 Å². The van der Waals surface area contributed by atoms with Crippen LogP contribution in [0.3, 0.4) is 0 Å². The average Bonchev–Trinajstić information content (AvgIpc) is 3.50. The fraction of sp³-hybridized carbons (Fsp3) is 0.800. The summed E-state index contributed by atoms with van der Waals surface area (Å²) in [5, 5.41) is 10.9. The lowest BCUT2D eigenvalue weighted by molar-refractivity contribution is -0.142. The fourth-order valence-corrected chi connectivity index (χ4v) is 12.1. The van der Waals surface area contributed by atoms with Crippen LogP contribution >= 0.6 is 0 Å². The van der Waals surface area contributed by atoms with E-state index < -0.39 is 0 Å². The summed E-state index contributed by atoms with van der Waals surface area (Å²) in [7, 11) is 0. The van der Waals surface area contributed by atoms with Gasteiger partial charge >= 0.3 is 0 Å². The van der Waals surface area contributed by atoms with Gasteiger partial charge in [-0.1, -0.05) is 32.9 Å². The minimum Gasteiger partial charge on any atom is -0.393 e. The summed E-state index contributed by atoms with van der Waals surface area (Å²) >= 11 is 0. The Hall–Kier alpha value is -1.46. The molecule has 2 spiro atoms. The molecule has 1 aromatic carbocycles. The normalized spacial score (nSPS) is 47.1. The molecule has 5 saturated carbocycles. The highest BCUT2D eigenvalue weighted by Gasteiger charge is 2.80. The highest BCUT2D eigenvalue weighted by Crippen LogP contribution is 2.87. The number of carbonyl (C=O) groups is 1. The molecular weight excluding hydrogens is 501 g/mol. The fourth-order valence-electron chi connectivity index (χ4n) is 12.1. The maximum absolute atomic E-state index is 13.5. The minimum absolute atomic E-state index is 0.0428. The first-order valence-electron chi connectivity index (χ1n) is 16.3. The number of aliphatic hydroxyl groups excluding tert-OH is 1. The van der Waals surface area contributed by atoms with E-state index in [9.17, 15) is 14.3 Å². The Bertz CT molecular complexity index is 1170. The van der Waals surface area contributed by atoms with Gasteiger partial charge in [0.15, 0.2) is 0 Å². The van der Waals surface area contributed by atoms with E-state index in [0.29, 0.717) is 40.7 Å². The average molecular weight is 552 g/mol. The van der Waals surface area contributed by atoms with Crippen molar-refractivity contribution in [1.29, 1.82) is 0 Å². The van der Waals surface area contributed by atoms with Gasteiger partial charge in [0.2, 0.25) is 5.91 Å². The Labute approximate surface area is 240 Å². The molecule has 4 nitrogen and oxygen atoms in total. The van der Waals surface area contributed by atoms with Crippen molar-refractivity contribution in [1.82, 2.24) is 4.90 Å². The second kappa shape index (κ2) is 9.02. The summed E-state index contributed by atoms with van der Waals surface area (Å²) in [4.78, 5) is 14.7. The van der Waals surface area contributed by atoms with Gasteiger partial charge in [-0.15, -0.1) is 0 Å². The first kappa shape index (κ1) is 27.4. The predicted molar refractivity (Wildman–Crippen MR) is 154 cm³/mol. The van der Waals surface area contributed by atoms with Crippen molar-refractivity contribution >= 4 is 5.91 Å². The van der Waals surface area contributed by atoms with Crippen LogP contribution in [0.2, 0.25) is 0 Å². The first-order valence-corrected chi connectivity index (χ1v) is 16.3. The number of benzene rings is 1. The van der Waals surface area contributed by atoms with E-state index in [-0.39, 0.29) is 35.4 Å². The third kappa shape index (κ3) is 3.64. The second-order valence-corrected chi connectivity index (χ2v) is 15.8. The second-order valence-electron chi connectivity index (χ2n) is 15.8. The van der Waals surface area contributed by atoms with Crippen molar-refractivity contribution in [3.8, 4) is 0 Å². The molecular formula is C35H50FNO3. The van der Waals surface area contributed by atoms with Gasteiger partial charge in [-0.2, -0.15) is 0 Å². The number of nitrogens with zero attached hydrogens (tertiary/aromatic N) is 1. The van der Waals surface area contributed by atoms with Gasteiger partial charge in [0.05, 0.1) is 24.4 Å². The topological polar surface area (TPSA) is 49.8 Å². The third-order valence-electron chi connectivity index (χ3n) is 14.3. The number of carbonyl (C=O) groups excluding carboxylic acids is 1. The predicted octanol–water partition coefficient (Wildman–Crippen LogP) is 7.30. The van der Waals surface area contributed by atoms with Gasteiger partial charge in [-0.05, 0) is 134 Å².